The number of nitrogens with zero attached hydrogens (tertiary/aromatic N) is 4. The Kier molecular flexibility index (Phi) is 5.02. The van der Waals surface area contributed by atoms with Gasteiger partial charge in [-0.1, -0.05) is 18.7 Å². The summed E-state index contributed by atoms with van der Waals surface area (Å²) >= 11 is 1.56. The first-order chi connectivity index (χ1) is 13.1. The molecule has 27 heavy (non-hydrogen) atoms. The van der Waals surface area contributed by atoms with E-state index in [9.17, 15) is 4.79 Å². The molecule has 1 aliphatic heterocycles. The van der Waals surface area contributed by atoms with Gasteiger partial charge in [-0.3, -0.25) is 5.10 Å². The summed E-state index contributed by atoms with van der Waals surface area (Å²) in [6.45, 7) is 5.28. The lowest BCUT2D eigenvalue weighted by Crippen LogP contribution is -2.41. The number of oxazole rings is 1. The monoisotopic (exact) mass is 386 g/mol. The van der Waals surface area contributed by atoms with Gasteiger partial charge in [0, 0.05) is 30.8 Å². The molecule has 1 aliphatic rings. The second kappa shape index (κ2) is 7.59. The van der Waals surface area contributed by atoms with E-state index in [0.717, 1.165) is 42.3 Å². The van der Waals surface area contributed by atoms with Gasteiger partial charge in [-0.2, -0.15) is 5.10 Å². The minimum atomic E-state index is -0.117. The van der Waals surface area contributed by atoms with E-state index in [1.165, 1.54) is 0 Å². The maximum atomic E-state index is 12.7. The Balaban J connectivity index is 1.44. The molecular weight excluding hydrogens is 364 g/mol. The molecule has 0 saturated carbocycles. The number of urea groups is 1. The number of carbonyl (C=O) groups excluding carboxylic acids is 1. The van der Waals surface area contributed by atoms with Crippen LogP contribution in [0.5, 0.6) is 0 Å². The topological polar surface area (TPSA) is 99.9 Å². The highest BCUT2D eigenvalue weighted by Crippen LogP contribution is 2.27. The van der Waals surface area contributed by atoms with Crippen molar-refractivity contribution in [3.05, 3.63) is 29.8 Å². The van der Waals surface area contributed by atoms with Crippen LogP contribution >= 0.6 is 11.8 Å². The highest BCUT2D eigenvalue weighted by Gasteiger charge is 2.27. The summed E-state index contributed by atoms with van der Waals surface area (Å²) in [5, 5.41) is 10.7. The van der Waals surface area contributed by atoms with Crippen LogP contribution in [0.3, 0.4) is 0 Å². The number of anilines is 1. The molecule has 0 aliphatic carbocycles. The van der Waals surface area contributed by atoms with Crippen LogP contribution in [0.2, 0.25) is 0 Å². The van der Waals surface area contributed by atoms with E-state index in [-0.39, 0.29) is 11.9 Å². The van der Waals surface area contributed by atoms with Crippen molar-refractivity contribution in [3.8, 4) is 0 Å². The molecule has 8 nitrogen and oxygen atoms in total. The number of aromatic amines is 1. The minimum absolute atomic E-state index is 0.117. The standard InChI is InChI=1S/C18H22N6O2S/c1-3-27-18-21-14-7-6-13(9-15(14)26-18)20-17(25)24-8-4-5-12(10-24)16-19-11(2)22-23-16/h6-7,9,12H,3-5,8,10H2,1-2H3,(H,20,25)(H,19,22,23)/t12-/m1/s1. The fourth-order valence-electron chi connectivity index (χ4n) is 3.28. The van der Waals surface area contributed by atoms with Gasteiger partial charge in [-0.25, -0.2) is 14.8 Å². The number of carbonyl (C=O) groups is 1. The largest absolute Gasteiger partial charge is 0.431 e. The Hall–Kier alpha value is -2.55. The predicted molar refractivity (Wildman–Crippen MR) is 104 cm³/mol. The Labute approximate surface area is 161 Å². The van der Waals surface area contributed by atoms with Gasteiger partial charge in [0.1, 0.15) is 11.3 Å². The van der Waals surface area contributed by atoms with Gasteiger partial charge in [0.2, 0.25) is 0 Å². The Morgan fingerprint density at radius 1 is 1.44 bits per heavy atom. The van der Waals surface area contributed by atoms with Crippen LogP contribution < -0.4 is 5.32 Å². The van der Waals surface area contributed by atoms with E-state index in [4.69, 9.17) is 4.42 Å². The number of benzene rings is 1. The van der Waals surface area contributed by atoms with Gasteiger partial charge in [0.05, 0.1) is 0 Å². The number of amides is 2. The first kappa shape index (κ1) is 17.8. The van der Waals surface area contributed by atoms with E-state index >= 15 is 0 Å². The third-order valence-electron chi connectivity index (χ3n) is 4.58. The molecule has 0 spiro atoms. The zero-order chi connectivity index (χ0) is 18.8. The first-order valence-corrected chi connectivity index (χ1v) is 10.1. The molecule has 0 unspecified atom stereocenters. The van der Waals surface area contributed by atoms with Crippen LogP contribution in [-0.4, -0.2) is 49.9 Å². The summed E-state index contributed by atoms with van der Waals surface area (Å²) in [5.74, 6) is 2.65. The number of H-pyrrole nitrogens is 1. The lowest BCUT2D eigenvalue weighted by Gasteiger charge is -2.31. The van der Waals surface area contributed by atoms with E-state index in [1.807, 2.05) is 30.0 Å². The molecule has 1 fully saturated rings. The van der Waals surface area contributed by atoms with Crippen LogP contribution in [0.1, 0.15) is 37.3 Å². The number of hydrogen-bond acceptors (Lipinski definition) is 6. The number of likely N-dealkylation sites (tertiary alicyclic amines) is 1. The second-order valence-corrected chi connectivity index (χ2v) is 7.80. The van der Waals surface area contributed by atoms with Crippen LogP contribution in [0, 0.1) is 6.92 Å². The lowest BCUT2D eigenvalue weighted by molar-refractivity contribution is 0.191. The number of rotatable bonds is 4. The van der Waals surface area contributed by atoms with Crippen molar-refractivity contribution in [2.24, 2.45) is 0 Å². The fourth-order valence-corrected chi connectivity index (χ4v) is 3.84. The number of nitrogens with one attached hydrogen (secondary N) is 2. The summed E-state index contributed by atoms with van der Waals surface area (Å²) in [5.41, 5.74) is 2.17. The van der Waals surface area contributed by atoms with Gasteiger partial charge in [-0.05, 0) is 37.7 Å². The summed E-state index contributed by atoms with van der Waals surface area (Å²) in [4.78, 5) is 23.4. The molecule has 2 amide bonds. The Morgan fingerprint density at radius 3 is 3.11 bits per heavy atom. The molecule has 3 heterocycles. The maximum Gasteiger partial charge on any atom is 0.321 e. The van der Waals surface area contributed by atoms with Crippen molar-refractivity contribution < 1.29 is 9.21 Å². The SMILES string of the molecule is CCSc1nc2ccc(NC(=O)N3CCC[C@@H](c4n[nH]c(C)n4)C3)cc2o1. The zero-order valence-corrected chi connectivity index (χ0v) is 16.2. The zero-order valence-electron chi connectivity index (χ0n) is 15.4. The normalized spacial score (nSPS) is 17.4. The van der Waals surface area contributed by atoms with Crippen LogP contribution in [-0.2, 0) is 0 Å². The van der Waals surface area contributed by atoms with Gasteiger partial charge in [0.25, 0.3) is 5.22 Å². The van der Waals surface area contributed by atoms with Crippen molar-refractivity contribution in [2.75, 3.05) is 24.2 Å². The number of fused-ring (bicyclic) bond motifs is 1. The molecule has 1 aromatic carbocycles. The number of aryl methyl sites for hydroxylation is 1. The molecule has 0 bridgehead atoms. The molecule has 2 aromatic heterocycles. The van der Waals surface area contributed by atoms with Crippen LogP contribution in [0.4, 0.5) is 10.5 Å². The molecule has 0 radical (unpaired) electrons. The van der Waals surface area contributed by atoms with Gasteiger partial charge >= 0.3 is 6.03 Å². The van der Waals surface area contributed by atoms with Gasteiger partial charge < -0.3 is 14.6 Å². The quantitative estimate of drug-likeness (QED) is 0.662. The van der Waals surface area contributed by atoms with Crippen LogP contribution in [0.25, 0.3) is 11.1 Å². The predicted octanol–water partition coefficient (Wildman–Crippen LogP) is 3.78. The first-order valence-electron chi connectivity index (χ1n) is 9.10. The van der Waals surface area contributed by atoms with Crippen molar-refractivity contribution >= 4 is 34.6 Å². The summed E-state index contributed by atoms with van der Waals surface area (Å²) in [6.07, 6.45) is 1.92. The average Bonchev–Trinajstić information content (AvgIpc) is 3.27. The van der Waals surface area contributed by atoms with Crippen molar-refractivity contribution in [2.45, 2.75) is 37.8 Å². The van der Waals surface area contributed by atoms with E-state index < -0.39 is 0 Å². The van der Waals surface area contributed by atoms with E-state index in [1.54, 1.807) is 11.8 Å². The van der Waals surface area contributed by atoms with Gasteiger partial charge in [-0.15, -0.1) is 0 Å². The molecular formula is C18H22N6O2S. The smallest absolute Gasteiger partial charge is 0.321 e. The van der Waals surface area contributed by atoms with Crippen molar-refractivity contribution in [3.63, 3.8) is 0 Å². The highest BCUT2D eigenvalue weighted by molar-refractivity contribution is 7.99. The number of thioether (sulfide) groups is 1. The van der Waals surface area contributed by atoms with Gasteiger partial charge in [0.15, 0.2) is 11.4 Å². The molecule has 2 N–H and O–H groups in total. The fraction of sp³-hybridized carbons (Fsp3) is 0.444. The Morgan fingerprint density at radius 2 is 2.33 bits per heavy atom. The number of aromatic nitrogens is 4. The number of hydrogen-bond donors (Lipinski definition) is 2. The number of piperidine rings is 1. The Bertz CT molecular complexity index is 952. The molecule has 9 heteroatoms. The summed E-state index contributed by atoms with van der Waals surface area (Å²) in [6, 6.07) is 5.42. The molecule has 1 atom stereocenters. The lowest BCUT2D eigenvalue weighted by atomic mass is 9.98. The molecule has 4 rings (SSSR count). The van der Waals surface area contributed by atoms with Crippen LogP contribution in [0.15, 0.2) is 27.8 Å². The highest BCUT2D eigenvalue weighted by atomic mass is 32.2. The third-order valence-corrected chi connectivity index (χ3v) is 5.29. The van der Waals surface area contributed by atoms with E-state index in [0.29, 0.717) is 23.0 Å². The molecule has 1 saturated heterocycles. The summed E-state index contributed by atoms with van der Waals surface area (Å²) < 4.78 is 5.72. The van der Waals surface area contributed by atoms with Crippen molar-refractivity contribution in [1.29, 1.82) is 0 Å². The third kappa shape index (κ3) is 3.92. The molecule has 3 aromatic rings. The van der Waals surface area contributed by atoms with Crippen molar-refractivity contribution in [1.82, 2.24) is 25.1 Å². The molecule has 142 valence electrons. The average molecular weight is 386 g/mol. The second-order valence-electron chi connectivity index (χ2n) is 6.59. The van der Waals surface area contributed by atoms with E-state index in [2.05, 4.69) is 32.4 Å². The minimum Gasteiger partial charge on any atom is -0.431 e. The summed E-state index contributed by atoms with van der Waals surface area (Å²) in [7, 11) is 0. The maximum absolute atomic E-state index is 12.7.